The van der Waals surface area contributed by atoms with E-state index in [-0.39, 0.29) is 0 Å². The van der Waals surface area contributed by atoms with Crippen LogP contribution < -0.4 is 9.47 Å². The molecule has 1 aromatic carbocycles. The van der Waals surface area contributed by atoms with E-state index in [0.717, 1.165) is 22.6 Å². The minimum absolute atomic E-state index is 0.526. The van der Waals surface area contributed by atoms with E-state index in [2.05, 4.69) is 0 Å². The van der Waals surface area contributed by atoms with Crippen LogP contribution in [-0.4, -0.2) is 21.3 Å². The SMILES string of the molecule is C/C=C/c1cc(COC)c(OC)cc1OC. The quantitative estimate of drug-likeness (QED) is 0.766. The van der Waals surface area contributed by atoms with E-state index in [0.29, 0.717) is 6.61 Å². The van der Waals surface area contributed by atoms with E-state index in [1.807, 2.05) is 31.2 Å². The lowest BCUT2D eigenvalue weighted by Gasteiger charge is -2.12. The van der Waals surface area contributed by atoms with Crippen LogP contribution in [0, 0.1) is 0 Å². The van der Waals surface area contributed by atoms with Crippen molar-refractivity contribution in [3.63, 3.8) is 0 Å². The van der Waals surface area contributed by atoms with Crippen molar-refractivity contribution in [1.82, 2.24) is 0 Å². The third kappa shape index (κ3) is 2.76. The first-order valence-corrected chi connectivity index (χ1v) is 5.13. The van der Waals surface area contributed by atoms with E-state index in [1.165, 1.54) is 0 Å². The smallest absolute Gasteiger partial charge is 0.129 e. The molecular formula is C13H18O3. The van der Waals surface area contributed by atoms with Crippen molar-refractivity contribution in [3.05, 3.63) is 29.3 Å². The Morgan fingerprint density at radius 3 is 2.25 bits per heavy atom. The van der Waals surface area contributed by atoms with Crippen LogP contribution in [0.15, 0.2) is 18.2 Å². The van der Waals surface area contributed by atoms with Crippen molar-refractivity contribution in [3.8, 4) is 11.5 Å². The van der Waals surface area contributed by atoms with Gasteiger partial charge in [-0.25, -0.2) is 0 Å². The number of ether oxygens (including phenoxy) is 3. The average Bonchev–Trinajstić information content (AvgIpc) is 2.30. The largest absolute Gasteiger partial charge is 0.496 e. The highest BCUT2D eigenvalue weighted by atomic mass is 16.5. The number of rotatable bonds is 5. The van der Waals surface area contributed by atoms with Gasteiger partial charge in [0.25, 0.3) is 0 Å². The molecule has 0 N–H and O–H groups in total. The standard InChI is InChI=1S/C13H18O3/c1-5-6-10-7-11(9-14-2)13(16-4)8-12(10)15-3/h5-8H,9H2,1-4H3/b6-5+. The van der Waals surface area contributed by atoms with Gasteiger partial charge < -0.3 is 14.2 Å². The van der Waals surface area contributed by atoms with Gasteiger partial charge in [0.15, 0.2) is 0 Å². The predicted molar refractivity (Wildman–Crippen MR) is 65.0 cm³/mol. The van der Waals surface area contributed by atoms with Crippen LogP contribution in [0.3, 0.4) is 0 Å². The molecule has 0 aliphatic rings. The molecule has 3 heteroatoms. The van der Waals surface area contributed by atoms with Crippen LogP contribution in [0.5, 0.6) is 11.5 Å². The summed E-state index contributed by atoms with van der Waals surface area (Å²) >= 11 is 0. The molecular weight excluding hydrogens is 204 g/mol. The minimum Gasteiger partial charge on any atom is -0.496 e. The van der Waals surface area contributed by atoms with E-state index in [9.17, 15) is 0 Å². The molecule has 0 amide bonds. The lowest BCUT2D eigenvalue weighted by Crippen LogP contribution is -1.97. The second-order valence-electron chi connectivity index (χ2n) is 3.34. The molecule has 0 radical (unpaired) electrons. The zero-order valence-electron chi connectivity index (χ0n) is 10.2. The molecule has 0 fully saturated rings. The molecule has 88 valence electrons. The van der Waals surface area contributed by atoms with Crippen molar-refractivity contribution in [2.75, 3.05) is 21.3 Å². The van der Waals surface area contributed by atoms with E-state index >= 15 is 0 Å². The summed E-state index contributed by atoms with van der Waals surface area (Å²) in [6.07, 6.45) is 3.97. The zero-order chi connectivity index (χ0) is 12.0. The molecule has 0 spiro atoms. The van der Waals surface area contributed by atoms with Crippen molar-refractivity contribution in [2.24, 2.45) is 0 Å². The first-order valence-electron chi connectivity index (χ1n) is 5.13. The average molecular weight is 222 g/mol. The summed E-state index contributed by atoms with van der Waals surface area (Å²) in [7, 11) is 4.96. The molecule has 16 heavy (non-hydrogen) atoms. The molecule has 0 saturated carbocycles. The van der Waals surface area contributed by atoms with Crippen LogP contribution >= 0.6 is 0 Å². The minimum atomic E-state index is 0.526. The van der Waals surface area contributed by atoms with Gasteiger partial charge in [-0.1, -0.05) is 12.2 Å². The first-order chi connectivity index (χ1) is 7.76. The molecule has 3 nitrogen and oxygen atoms in total. The number of methoxy groups -OCH3 is 3. The maximum atomic E-state index is 5.30. The fourth-order valence-electron chi connectivity index (χ4n) is 1.57. The van der Waals surface area contributed by atoms with Crippen molar-refractivity contribution in [1.29, 1.82) is 0 Å². The van der Waals surface area contributed by atoms with Crippen molar-refractivity contribution < 1.29 is 14.2 Å². The Hall–Kier alpha value is -1.48. The lowest BCUT2D eigenvalue weighted by atomic mass is 10.1. The maximum absolute atomic E-state index is 5.30. The summed E-state index contributed by atoms with van der Waals surface area (Å²) in [5.74, 6) is 1.58. The van der Waals surface area contributed by atoms with E-state index < -0.39 is 0 Å². The molecule has 1 aromatic rings. The van der Waals surface area contributed by atoms with Gasteiger partial charge in [0.05, 0.1) is 20.8 Å². The molecule has 0 heterocycles. The highest BCUT2D eigenvalue weighted by molar-refractivity contribution is 5.61. The van der Waals surface area contributed by atoms with Gasteiger partial charge in [-0.05, 0) is 13.0 Å². The summed E-state index contributed by atoms with van der Waals surface area (Å²) in [4.78, 5) is 0. The molecule has 0 bridgehead atoms. The maximum Gasteiger partial charge on any atom is 0.129 e. The Kier molecular flexibility index (Phi) is 4.86. The summed E-state index contributed by atoms with van der Waals surface area (Å²) in [5.41, 5.74) is 2.04. The number of hydrogen-bond donors (Lipinski definition) is 0. The predicted octanol–water partition coefficient (Wildman–Crippen LogP) is 2.88. The molecule has 0 saturated heterocycles. The van der Waals surface area contributed by atoms with Crippen LogP contribution in [0.25, 0.3) is 6.08 Å². The molecule has 0 unspecified atom stereocenters. The Bertz CT molecular complexity index is 370. The number of allylic oxidation sites excluding steroid dienone is 1. The zero-order valence-corrected chi connectivity index (χ0v) is 10.2. The molecule has 0 aliphatic heterocycles. The van der Waals surface area contributed by atoms with E-state index in [4.69, 9.17) is 14.2 Å². The molecule has 1 rings (SSSR count). The summed E-state index contributed by atoms with van der Waals surface area (Å²) in [5, 5.41) is 0. The third-order valence-electron chi connectivity index (χ3n) is 2.28. The van der Waals surface area contributed by atoms with Crippen molar-refractivity contribution in [2.45, 2.75) is 13.5 Å². The second-order valence-corrected chi connectivity index (χ2v) is 3.34. The second kappa shape index (κ2) is 6.18. The topological polar surface area (TPSA) is 27.7 Å². The normalized spacial score (nSPS) is 10.8. The van der Waals surface area contributed by atoms with Crippen LogP contribution in [-0.2, 0) is 11.3 Å². The lowest BCUT2D eigenvalue weighted by molar-refractivity contribution is 0.181. The monoisotopic (exact) mass is 222 g/mol. The molecule has 0 atom stereocenters. The van der Waals surface area contributed by atoms with Crippen LogP contribution in [0.4, 0.5) is 0 Å². The van der Waals surface area contributed by atoms with Gasteiger partial charge in [0, 0.05) is 24.3 Å². The number of hydrogen-bond acceptors (Lipinski definition) is 3. The fourth-order valence-corrected chi connectivity index (χ4v) is 1.57. The first kappa shape index (κ1) is 12.6. The Morgan fingerprint density at radius 2 is 1.75 bits per heavy atom. The van der Waals surface area contributed by atoms with Gasteiger partial charge >= 0.3 is 0 Å². The van der Waals surface area contributed by atoms with Gasteiger partial charge in [-0.3, -0.25) is 0 Å². The highest BCUT2D eigenvalue weighted by Crippen LogP contribution is 2.30. The Labute approximate surface area is 96.6 Å². The van der Waals surface area contributed by atoms with Gasteiger partial charge in [-0.2, -0.15) is 0 Å². The third-order valence-corrected chi connectivity index (χ3v) is 2.28. The molecule has 0 aliphatic carbocycles. The van der Waals surface area contributed by atoms with E-state index in [1.54, 1.807) is 21.3 Å². The summed E-state index contributed by atoms with van der Waals surface area (Å²) in [6.45, 7) is 2.50. The highest BCUT2D eigenvalue weighted by Gasteiger charge is 2.09. The Morgan fingerprint density at radius 1 is 1.06 bits per heavy atom. The summed E-state index contributed by atoms with van der Waals surface area (Å²) in [6, 6.07) is 3.89. The Balaban J connectivity index is 3.22. The van der Waals surface area contributed by atoms with Gasteiger partial charge in [0.2, 0.25) is 0 Å². The van der Waals surface area contributed by atoms with Crippen LogP contribution in [0.1, 0.15) is 18.1 Å². The van der Waals surface area contributed by atoms with Crippen molar-refractivity contribution >= 4 is 6.08 Å². The van der Waals surface area contributed by atoms with Crippen LogP contribution in [0.2, 0.25) is 0 Å². The number of benzene rings is 1. The summed E-state index contributed by atoms with van der Waals surface area (Å²) < 4.78 is 15.7. The van der Waals surface area contributed by atoms with Gasteiger partial charge in [-0.15, -0.1) is 0 Å². The fraction of sp³-hybridized carbons (Fsp3) is 0.385. The van der Waals surface area contributed by atoms with Gasteiger partial charge in [0.1, 0.15) is 11.5 Å². The molecule has 0 aromatic heterocycles.